The molecule has 0 spiro atoms. The van der Waals surface area contributed by atoms with Crippen molar-refractivity contribution < 1.29 is 8.42 Å². The standard InChI is InChI=1S/C12H10INO2S/c13-9-2-1-3-12(8-9)17(15,16)11-6-4-10(14)5-7-11/h1-8H,14H2. The normalized spacial score (nSPS) is 11.4. The highest BCUT2D eigenvalue weighted by Gasteiger charge is 2.17. The molecule has 0 heterocycles. The lowest BCUT2D eigenvalue weighted by molar-refractivity contribution is 0.596. The van der Waals surface area contributed by atoms with Gasteiger partial charge in [0.25, 0.3) is 0 Å². The van der Waals surface area contributed by atoms with E-state index in [0.29, 0.717) is 10.6 Å². The van der Waals surface area contributed by atoms with E-state index in [4.69, 9.17) is 5.73 Å². The molecule has 0 aliphatic carbocycles. The van der Waals surface area contributed by atoms with Crippen LogP contribution < -0.4 is 5.73 Å². The van der Waals surface area contributed by atoms with E-state index in [2.05, 4.69) is 22.6 Å². The van der Waals surface area contributed by atoms with Gasteiger partial charge < -0.3 is 5.73 Å². The van der Waals surface area contributed by atoms with Gasteiger partial charge in [0.05, 0.1) is 9.79 Å². The van der Waals surface area contributed by atoms with Crippen LogP contribution in [0.1, 0.15) is 0 Å². The topological polar surface area (TPSA) is 60.2 Å². The van der Waals surface area contributed by atoms with Crippen LogP contribution in [0.4, 0.5) is 5.69 Å². The zero-order chi connectivity index (χ0) is 12.5. The number of nitrogen functional groups attached to an aromatic ring is 1. The molecule has 0 aliphatic heterocycles. The average molecular weight is 359 g/mol. The van der Waals surface area contributed by atoms with E-state index in [1.165, 1.54) is 12.1 Å². The highest BCUT2D eigenvalue weighted by Crippen LogP contribution is 2.22. The predicted octanol–water partition coefficient (Wildman–Crippen LogP) is 2.71. The molecule has 2 N–H and O–H groups in total. The van der Waals surface area contributed by atoms with Crippen LogP contribution in [0.25, 0.3) is 0 Å². The van der Waals surface area contributed by atoms with Gasteiger partial charge in [-0.15, -0.1) is 0 Å². The van der Waals surface area contributed by atoms with Crippen molar-refractivity contribution in [2.45, 2.75) is 9.79 Å². The number of nitrogens with two attached hydrogens (primary N) is 1. The Hall–Kier alpha value is -1.08. The maximum absolute atomic E-state index is 12.3. The lowest BCUT2D eigenvalue weighted by atomic mass is 10.3. The molecule has 17 heavy (non-hydrogen) atoms. The van der Waals surface area contributed by atoms with Crippen LogP contribution in [-0.4, -0.2) is 8.42 Å². The third-order valence-corrected chi connectivity index (χ3v) is 4.74. The van der Waals surface area contributed by atoms with Crippen LogP contribution >= 0.6 is 22.6 Å². The molecule has 0 saturated carbocycles. The quantitative estimate of drug-likeness (QED) is 0.663. The van der Waals surface area contributed by atoms with Crippen molar-refractivity contribution >= 4 is 38.1 Å². The molecular weight excluding hydrogens is 349 g/mol. The molecule has 5 heteroatoms. The third-order valence-electron chi connectivity index (χ3n) is 2.30. The second-order valence-corrected chi connectivity index (χ2v) is 6.73. The number of anilines is 1. The zero-order valence-electron chi connectivity index (χ0n) is 8.80. The fourth-order valence-corrected chi connectivity index (χ4v) is 3.48. The maximum atomic E-state index is 12.3. The largest absolute Gasteiger partial charge is 0.399 e. The van der Waals surface area contributed by atoms with E-state index in [0.717, 1.165) is 3.57 Å². The van der Waals surface area contributed by atoms with Gasteiger partial charge in [-0.25, -0.2) is 8.42 Å². The molecule has 2 rings (SSSR count). The first-order valence-corrected chi connectivity index (χ1v) is 7.42. The summed E-state index contributed by atoms with van der Waals surface area (Å²) in [6, 6.07) is 13.0. The second kappa shape index (κ2) is 4.66. The molecule has 88 valence electrons. The number of hydrogen-bond acceptors (Lipinski definition) is 3. The van der Waals surface area contributed by atoms with Gasteiger partial charge >= 0.3 is 0 Å². The number of hydrogen-bond donors (Lipinski definition) is 1. The minimum absolute atomic E-state index is 0.258. The van der Waals surface area contributed by atoms with Crippen molar-refractivity contribution in [3.63, 3.8) is 0 Å². The third kappa shape index (κ3) is 2.61. The Bertz CT molecular complexity index is 636. The number of benzene rings is 2. The monoisotopic (exact) mass is 359 g/mol. The van der Waals surface area contributed by atoms with Crippen LogP contribution in [0.3, 0.4) is 0 Å². The van der Waals surface area contributed by atoms with E-state index < -0.39 is 9.84 Å². The first kappa shape index (κ1) is 12.4. The first-order valence-electron chi connectivity index (χ1n) is 4.86. The SMILES string of the molecule is Nc1ccc(S(=O)(=O)c2cccc(I)c2)cc1. The molecule has 2 aromatic carbocycles. The maximum Gasteiger partial charge on any atom is 0.206 e. The summed E-state index contributed by atoms with van der Waals surface area (Å²) < 4.78 is 25.4. The van der Waals surface area contributed by atoms with Crippen molar-refractivity contribution in [3.8, 4) is 0 Å². The van der Waals surface area contributed by atoms with Crippen LogP contribution in [-0.2, 0) is 9.84 Å². The summed E-state index contributed by atoms with van der Waals surface area (Å²) >= 11 is 2.09. The van der Waals surface area contributed by atoms with Gasteiger partial charge in [-0.2, -0.15) is 0 Å². The average Bonchev–Trinajstić information content (AvgIpc) is 2.29. The molecule has 0 aromatic heterocycles. The summed E-state index contributed by atoms with van der Waals surface area (Å²) in [6.45, 7) is 0. The summed E-state index contributed by atoms with van der Waals surface area (Å²) in [6.07, 6.45) is 0. The Morgan fingerprint density at radius 1 is 0.941 bits per heavy atom. The minimum atomic E-state index is -3.44. The fraction of sp³-hybridized carbons (Fsp3) is 0. The van der Waals surface area contributed by atoms with Crippen LogP contribution in [0.5, 0.6) is 0 Å². The predicted molar refractivity (Wildman–Crippen MR) is 75.5 cm³/mol. The van der Waals surface area contributed by atoms with Gasteiger partial charge in [-0.05, 0) is 65.1 Å². The molecule has 0 fully saturated rings. The van der Waals surface area contributed by atoms with E-state index >= 15 is 0 Å². The number of rotatable bonds is 2. The van der Waals surface area contributed by atoms with Gasteiger partial charge in [-0.1, -0.05) is 6.07 Å². The fourth-order valence-electron chi connectivity index (χ4n) is 1.42. The van der Waals surface area contributed by atoms with Crippen molar-refractivity contribution in [2.75, 3.05) is 5.73 Å². The molecular formula is C12H10INO2S. The van der Waals surface area contributed by atoms with E-state index in [-0.39, 0.29) is 4.90 Å². The Morgan fingerprint density at radius 3 is 2.18 bits per heavy atom. The smallest absolute Gasteiger partial charge is 0.206 e. The van der Waals surface area contributed by atoms with Crippen LogP contribution in [0.2, 0.25) is 0 Å². The first-order chi connectivity index (χ1) is 8.00. The lowest BCUT2D eigenvalue weighted by Gasteiger charge is -2.05. The Kier molecular flexibility index (Phi) is 3.39. The summed E-state index contributed by atoms with van der Waals surface area (Å²) in [5.74, 6) is 0. The van der Waals surface area contributed by atoms with E-state index in [9.17, 15) is 8.42 Å². The molecule has 0 unspecified atom stereocenters. The Balaban J connectivity index is 2.54. The molecule has 0 amide bonds. The van der Waals surface area contributed by atoms with Crippen molar-refractivity contribution in [2.24, 2.45) is 0 Å². The highest BCUT2D eigenvalue weighted by molar-refractivity contribution is 14.1. The number of sulfone groups is 1. The van der Waals surface area contributed by atoms with Crippen molar-refractivity contribution in [3.05, 3.63) is 52.1 Å². The Labute approximate surface area is 114 Å². The van der Waals surface area contributed by atoms with Crippen LogP contribution in [0, 0.1) is 3.57 Å². The van der Waals surface area contributed by atoms with Gasteiger partial charge in [-0.3, -0.25) is 0 Å². The molecule has 0 aliphatic rings. The molecule has 0 bridgehead atoms. The molecule has 2 aromatic rings. The molecule has 0 radical (unpaired) electrons. The summed E-state index contributed by atoms with van der Waals surface area (Å²) in [4.78, 5) is 0.558. The lowest BCUT2D eigenvalue weighted by Crippen LogP contribution is -2.02. The van der Waals surface area contributed by atoms with Crippen molar-refractivity contribution in [1.29, 1.82) is 0 Å². The molecule has 0 saturated heterocycles. The summed E-state index contributed by atoms with van der Waals surface area (Å²) in [7, 11) is -3.44. The van der Waals surface area contributed by atoms with E-state index in [1.807, 2.05) is 6.07 Å². The Morgan fingerprint density at radius 2 is 1.59 bits per heavy atom. The highest BCUT2D eigenvalue weighted by atomic mass is 127. The molecule has 3 nitrogen and oxygen atoms in total. The van der Waals surface area contributed by atoms with E-state index in [1.54, 1.807) is 30.3 Å². The summed E-state index contributed by atoms with van der Waals surface area (Å²) in [5.41, 5.74) is 6.08. The second-order valence-electron chi connectivity index (χ2n) is 3.53. The van der Waals surface area contributed by atoms with Gasteiger partial charge in [0.2, 0.25) is 9.84 Å². The van der Waals surface area contributed by atoms with Gasteiger partial charge in [0.15, 0.2) is 0 Å². The summed E-state index contributed by atoms with van der Waals surface area (Å²) in [5, 5.41) is 0. The van der Waals surface area contributed by atoms with Crippen molar-refractivity contribution in [1.82, 2.24) is 0 Å². The van der Waals surface area contributed by atoms with Crippen LogP contribution in [0.15, 0.2) is 58.3 Å². The van der Waals surface area contributed by atoms with Gasteiger partial charge in [0, 0.05) is 9.26 Å². The van der Waals surface area contributed by atoms with Gasteiger partial charge in [0.1, 0.15) is 0 Å². The number of halogens is 1. The molecule has 0 atom stereocenters. The zero-order valence-corrected chi connectivity index (χ0v) is 11.8. The minimum Gasteiger partial charge on any atom is -0.399 e.